The second kappa shape index (κ2) is 20.5. The molecule has 0 bridgehead atoms. The first-order valence-corrected chi connectivity index (χ1v) is 20.3. The fraction of sp³-hybridized carbons (Fsp3) is 0.275. The van der Waals surface area contributed by atoms with Crippen LogP contribution in [0.15, 0.2) is 78.9 Å². The van der Waals surface area contributed by atoms with E-state index in [0.717, 1.165) is 0 Å². The molecule has 286 valence electrons. The number of rotatable bonds is 21. The van der Waals surface area contributed by atoms with Gasteiger partial charge in [-0.1, -0.05) is 59.6 Å². The number of hydrogen-bond donors (Lipinski definition) is 2. The molecule has 0 aromatic heterocycles. The number of amides is 2. The Kier molecular flexibility index (Phi) is 15.9. The molecule has 2 amide bonds. The van der Waals surface area contributed by atoms with Crippen LogP contribution in [0.2, 0.25) is 16.1 Å². The molecule has 4 aromatic rings. The van der Waals surface area contributed by atoms with Crippen molar-refractivity contribution < 1.29 is 27.7 Å². The lowest BCUT2D eigenvalue weighted by Crippen LogP contribution is -2.46. The lowest BCUT2D eigenvalue weighted by molar-refractivity contribution is -0.107. The standard InChI is InChI=1S/C40H42Cl2N6O6Si/c1-4-52-55(53-5-2,54-6-3)19-13-18-46-39-34(25-44)37(41)33(24-43)36(38(39)42)40(51)35(45)22-28-20-31(47(26-49)29-14-9-7-10-15-29)23-32(21-28)48(27-50)30-16-11-8-12-17-30/h7-12,14-17,20-21,23,26-27,35,46H,4-6,13,18-19,22,45H2,1-3H3/t35-/m0/s1. The van der Waals surface area contributed by atoms with Gasteiger partial charge in [0.25, 0.3) is 0 Å². The van der Waals surface area contributed by atoms with Crippen molar-refractivity contribution in [2.24, 2.45) is 5.73 Å². The van der Waals surface area contributed by atoms with Gasteiger partial charge in [-0.2, -0.15) is 10.5 Å². The van der Waals surface area contributed by atoms with Gasteiger partial charge < -0.3 is 24.3 Å². The third-order valence-electron chi connectivity index (χ3n) is 8.49. The number of anilines is 5. The smallest absolute Gasteiger partial charge is 0.383 e. The normalized spacial score (nSPS) is 11.6. The summed E-state index contributed by atoms with van der Waals surface area (Å²) >= 11 is 13.5. The molecule has 3 N–H and O–H groups in total. The van der Waals surface area contributed by atoms with Crippen molar-refractivity contribution in [3.63, 3.8) is 0 Å². The Hall–Kier alpha value is -5.09. The number of halogens is 2. The van der Waals surface area contributed by atoms with Crippen LogP contribution in [0.4, 0.5) is 28.4 Å². The van der Waals surface area contributed by atoms with E-state index in [2.05, 4.69) is 5.32 Å². The van der Waals surface area contributed by atoms with Gasteiger partial charge in [-0.3, -0.25) is 24.2 Å². The Bertz CT molecular complexity index is 1960. The molecule has 0 aliphatic carbocycles. The molecule has 0 spiro atoms. The van der Waals surface area contributed by atoms with Crippen molar-refractivity contribution in [1.82, 2.24) is 0 Å². The number of benzene rings is 4. The molecule has 0 radical (unpaired) electrons. The van der Waals surface area contributed by atoms with E-state index >= 15 is 0 Å². The molecule has 0 unspecified atom stereocenters. The summed E-state index contributed by atoms with van der Waals surface area (Å²) < 4.78 is 17.8. The fourth-order valence-electron chi connectivity index (χ4n) is 6.12. The van der Waals surface area contributed by atoms with Gasteiger partial charge >= 0.3 is 8.80 Å². The van der Waals surface area contributed by atoms with Gasteiger partial charge in [-0.15, -0.1) is 0 Å². The Balaban J connectivity index is 1.71. The lowest BCUT2D eigenvalue weighted by Gasteiger charge is -2.28. The van der Waals surface area contributed by atoms with Crippen molar-refractivity contribution in [2.75, 3.05) is 41.5 Å². The van der Waals surface area contributed by atoms with E-state index in [-0.39, 0.29) is 45.4 Å². The second-order valence-corrected chi connectivity index (χ2v) is 15.5. The largest absolute Gasteiger partial charge is 0.500 e. The van der Waals surface area contributed by atoms with Crippen LogP contribution in [0.3, 0.4) is 0 Å². The summed E-state index contributed by atoms with van der Waals surface area (Å²) in [6.45, 7) is 7.11. The Morgan fingerprint density at radius 2 is 1.29 bits per heavy atom. The molecular weight excluding hydrogens is 759 g/mol. The molecule has 0 heterocycles. The van der Waals surface area contributed by atoms with E-state index in [4.69, 9.17) is 42.2 Å². The Morgan fingerprint density at radius 3 is 1.73 bits per heavy atom. The van der Waals surface area contributed by atoms with Crippen LogP contribution < -0.4 is 20.9 Å². The highest BCUT2D eigenvalue weighted by molar-refractivity contribution is 6.60. The average molecular weight is 802 g/mol. The van der Waals surface area contributed by atoms with Crippen LogP contribution in [0, 0.1) is 22.7 Å². The number of Topliss-reactive ketones (excluding diaryl/α,β-unsaturated/α-hetero) is 1. The first kappa shape index (κ1) is 42.6. The van der Waals surface area contributed by atoms with Crippen LogP contribution in [-0.4, -0.2) is 59.8 Å². The van der Waals surface area contributed by atoms with Crippen molar-refractivity contribution in [3.05, 3.63) is 111 Å². The zero-order valence-electron chi connectivity index (χ0n) is 30.8. The summed E-state index contributed by atoms with van der Waals surface area (Å²) in [6.07, 6.45) is 1.70. The number of carbonyl (C=O) groups is 3. The minimum absolute atomic E-state index is 0.0819. The van der Waals surface area contributed by atoms with Crippen LogP contribution in [-0.2, 0) is 29.3 Å². The number of nitrogens with zero attached hydrogens (tertiary/aromatic N) is 4. The predicted octanol–water partition coefficient (Wildman–Crippen LogP) is 7.93. The second-order valence-electron chi connectivity index (χ2n) is 12.0. The number of carbonyl (C=O) groups excluding carboxylic acids is 3. The first-order valence-electron chi connectivity index (χ1n) is 17.7. The topological polar surface area (TPSA) is 171 Å². The monoisotopic (exact) mass is 800 g/mol. The molecule has 55 heavy (non-hydrogen) atoms. The molecule has 1 atom stereocenters. The maximum atomic E-state index is 14.2. The van der Waals surface area contributed by atoms with Gasteiger partial charge in [-0.05, 0) is 81.6 Å². The molecule has 0 saturated heterocycles. The Labute approximate surface area is 332 Å². The van der Waals surface area contributed by atoms with E-state index in [1.54, 1.807) is 66.7 Å². The van der Waals surface area contributed by atoms with Crippen molar-refractivity contribution in [2.45, 2.75) is 45.7 Å². The zero-order valence-corrected chi connectivity index (χ0v) is 33.3. The summed E-state index contributed by atoms with van der Waals surface area (Å²) in [5.74, 6) is -0.705. The van der Waals surface area contributed by atoms with Crippen LogP contribution in [0.1, 0.15) is 54.2 Å². The molecular formula is C40H42Cl2N6O6Si. The first-order chi connectivity index (χ1) is 26.6. The Morgan fingerprint density at radius 1 is 0.800 bits per heavy atom. The average Bonchev–Trinajstić information content (AvgIpc) is 3.19. The quantitative estimate of drug-likeness (QED) is 0.0365. The van der Waals surface area contributed by atoms with Gasteiger partial charge in [-0.25, -0.2) is 0 Å². The molecule has 0 aliphatic heterocycles. The van der Waals surface area contributed by atoms with E-state index in [9.17, 15) is 24.9 Å². The molecule has 0 saturated carbocycles. The summed E-state index contributed by atoms with van der Waals surface area (Å²) in [5, 5.41) is 22.9. The van der Waals surface area contributed by atoms with Gasteiger partial charge in [0, 0.05) is 43.8 Å². The third-order valence-corrected chi connectivity index (χ3v) is 12.4. The summed E-state index contributed by atoms with van der Waals surface area (Å²) in [5.41, 5.74) is 8.50. The number of nitrogens with two attached hydrogens (primary N) is 1. The van der Waals surface area contributed by atoms with Gasteiger partial charge in [0.15, 0.2) is 5.78 Å². The minimum atomic E-state index is -2.96. The highest BCUT2D eigenvalue weighted by Crippen LogP contribution is 2.40. The third kappa shape index (κ3) is 10.2. The van der Waals surface area contributed by atoms with Crippen LogP contribution in [0.5, 0.6) is 0 Å². The van der Waals surface area contributed by atoms with E-state index < -0.39 is 20.6 Å². The molecule has 4 rings (SSSR count). The van der Waals surface area contributed by atoms with Crippen molar-refractivity contribution >= 4 is 79.0 Å². The SMILES string of the molecule is CCO[Si](CCCNc1c(Cl)c(C(=O)[C@@H](N)Cc2cc(N(C=O)c3ccccc3)cc(N(C=O)c3ccccc3)c2)c(C#N)c(Cl)c1C#N)(OCC)OCC. The molecule has 0 aliphatic rings. The number of nitriles is 2. The number of nitrogens with one attached hydrogen (secondary N) is 1. The minimum Gasteiger partial charge on any atom is -0.383 e. The van der Waals surface area contributed by atoms with Crippen LogP contribution in [0.25, 0.3) is 0 Å². The van der Waals surface area contributed by atoms with Gasteiger partial charge in [0.2, 0.25) is 12.8 Å². The fourth-order valence-corrected chi connectivity index (χ4v) is 9.35. The predicted molar refractivity (Wildman–Crippen MR) is 216 cm³/mol. The summed E-state index contributed by atoms with van der Waals surface area (Å²) in [4.78, 5) is 42.0. The maximum Gasteiger partial charge on any atom is 0.500 e. The molecule has 12 nitrogen and oxygen atoms in total. The van der Waals surface area contributed by atoms with Gasteiger partial charge in [0.1, 0.15) is 12.1 Å². The van der Waals surface area contributed by atoms with E-state index in [1.165, 1.54) is 9.80 Å². The van der Waals surface area contributed by atoms with E-state index in [1.807, 2.05) is 45.0 Å². The van der Waals surface area contributed by atoms with Crippen molar-refractivity contribution in [1.29, 1.82) is 10.5 Å². The number of hydrogen-bond acceptors (Lipinski definition) is 10. The highest BCUT2D eigenvalue weighted by Gasteiger charge is 2.39. The van der Waals surface area contributed by atoms with Crippen LogP contribution >= 0.6 is 23.2 Å². The van der Waals surface area contributed by atoms with Crippen molar-refractivity contribution in [3.8, 4) is 12.1 Å². The number of para-hydroxylation sites is 2. The maximum absolute atomic E-state index is 14.2. The van der Waals surface area contributed by atoms with E-state index in [0.29, 0.717) is 73.4 Å². The summed E-state index contributed by atoms with van der Waals surface area (Å²) in [7, 11) is -2.96. The summed E-state index contributed by atoms with van der Waals surface area (Å²) in [6, 6.07) is 26.0. The molecule has 0 fully saturated rings. The van der Waals surface area contributed by atoms with Gasteiger partial charge in [0.05, 0.1) is 49.8 Å². The zero-order chi connectivity index (χ0) is 40.0. The lowest BCUT2D eigenvalue weighted by atomic mass is 9.92. The molecule has 15 heteroatoms. The number of ketones is 1. The highest BCUT2D eigenvalue weighted by atomic mass is 35.5. The molecule has 4 aromatic carbocycles.